The molecule has 2 aromatic rings. The van der Waals surface area contributed by atoms with Crippen molar-refractivity contribution in [2.75, 3.05) is 12.4 Å². The Morgan fingerprint density at radius 3 is 2.46 bits per heavy atom. The number of hydrogen-bond donors (Lipinski definition) is 1. The van der Waals surface area contributed by atoms with Gasteiger partial charge in [-0.05, 0) is 36.4 Å². The minimum absolute atomic E-state index is 0.0298. The number of methoxy groups -OCH3 is 1. The molecule has 8 heteroatoms. The van der Waals surface area contributed by atoms with Crippen molar-refractivity contribution in [2.45, 2.75) is 6.18 Å². The summed E-state index contributed by atoms with van der Waals surface area (Å²) in [5.41, 5.74) is -1.09. The molecule has 2 aromatic carbocycles. The molecule has 0 spiro atoms. The van der Waals surface area contributed by atoms with Crippen molar-refractivity contribution in [3.05, 3.63) is 64.2 Å². The summed E-state index contributed by atoms with van der Waals surface area (Å²) in [7, 11) is 1.16. The van der Waals surface area contributed by atoms with E-state index in [0.29, 0.717) is 0 Å². The summed E-state index contributed by atoms with van der Waals surface area (Å²) in [4.78, 5) is 23.9. The van der Waals surface area contributed by atoms with Crippen LogP contribution in [-0.2, 0) is 10.9 Å². The van der Waals surface area contributed by atoms with Gasteiger partial charge in [0.1, 0.15) is 0 Å². The van der Waals surface area contributed by atoms with Crippen LogP contribution in [0.3, 0.4) is 0 Å². The molecule has 0 saturated carbocycles. The smallest absolute Gasteiger partial charge is 0.416 e. The maximum atomic E-state index is 12.7. The molecule has 0 radical (unpaired) electrons. The molecule has 24 heavy (non-hydrogen) atoms. The molecule has 0 atom stereocenters. The molecule has 126 valence electrons. The van der Waals surface area contributed by atoms with E-state index in [1.54, 1.807) is 0 Å². The van der Waals surface area contributed by atoms with Gasteiger partial charge < -0.3 is 10.1 Å². The Balaban J connectivity index is 2.34. The minimum Gasteiger partial charge on any atom is -0.465 e. The molecule has 0 aliphatic heterocycles. The highest BCUT2D eigenvalue weighted by atomic mass is 35.5. The molecule has 0 unspecified atom stereocenters. The Kier molecular flexibility index (Phi) is 5.14. The number of nitrogens with one attached hydrogen (secondary N) is 1. The van der Waals surface area contributed by atoms with Gasteiger partial charge >= 0.3 is 12.1 Å². The average molecular weight is 358 g/mol. The van der Waals surface area contributed by atoms with E-state index in [9.17, 15) is 22.8 Å². The van der Waals surface area contributed by atoms with Crippen molar-refractivity contribution >= 4 is 29.2 Å². The van der Waals surface area contributed by atoms with Gasteiger partial charge in [0.05, 0.1) is 23.9 Å². The summed E-state index contributed by atoms with van der Waals surface area (Å²) < 4.78 is 42.7. The zero-order chi connectivity index (χ0) is 17.9. The number of hydrogen-bond acceptors (Lipinski definition) is 3. The Morgan fingerprint density at radius 1 is 1.12 bits per heavy atom. The van der Waals surface area contributed by atoms with Crippen molar-refractivity contribution in [3.63, 3.8) is 0 Å². The van der Waals surface area contributed by atoms with Crippen LogP contribution in [0.1, 0.15) is 26.3 Å². The number of rotatable bonds is 3. The number of anilines is 1. The predicted octanol–water partition coefficient (Wildman–Crippen LogP) is 4.40. The number of amides is 1. The number of carbonyl (C=O) groups is 2. The Hall–Kier alpha value is -2.54. The van der Waals surface area contributed by atoms with Gasteiger partial charge in [0.2, 0.25) is 0 Å². The third kappa shape index (κ3) is 4.05. The molecule has 0 saturated heterocycles. The summed E-state index contributed by atoms with van der Waals surface area (Å²) in [6.45, 7) is 0. The zero-order valence-electron chi connectivity index (χ0n) is 12.3. The van der Waals surface area contributed by atoms with Crippen LogP contribution >= 0.6 is 11.6 Å². The second-order valence-electron chi connectivity index (χ2n) is 4.71. The maximum absolute atomic E-state index is 12.7. The lowest BCUT2D eigenvalue weighted by Gasteiger charge is -2.12. The topological polar surface area (TPSA) is 55.4 Å². The van der Waals surface area contributed by atoms with E-state index in [-0.39, 0.29) is 21.8 Å². The van der Waals surface area contributed by atoms with Gasteiger partial charge in [-0.3, -0.25) is 4.79 Å². The third-order valence-electron chi connectivity index (χ3n) is 3.09. The third-order valence-corrected chi connectivity index (χ3v) is 3.32. The Labute approximate surface area is 140 Å². The lowest BCUT2D eigenvalue weighted by Crippen LogP contribution is -2.16. The minimum atomic E-state index is -4.57. The first-order valence-corrected chi connectivity index (χ1v) is 6.96. The first kappa shape index (κ1) is 17.8. The lowest BCUT2D eigenvalue weighted by molar-refractivity contribution is -0.137. The monoisotopic (exact) mass is 357 g/mol. The summed E-state index contributed by atoms with van der Waals surface area (Å²) >= 11 is 5.83. The highest BCUT2D eigenvalue weighted by Crippen LogP contribution is 2.30. The highest BCUT2D eigenvalue weighted by Gasteiger charge is 2.31. The number of alkyl halides is 3. The quantitative estimate of drug-likeness (QED) is 0.828. The Morgan fingerprint density at radius 2 is 1.83 bits per heavy atom. The van der Waals surface area contributed by atoms with E-state index in [4.69, 9.17) is 11.6 Å². The van der Waals surface area contributed by atoms with Crippen molar-refractivity contribution in [3.8, 4) is 0 Å². The van der Waals surface area contributed by atoms with Gasteiger partial charge in [0, 0.05) is 10.6 Å². The Bertz CT molecular complexity index is 790. The molecule has 4 nitrogen and oxygen atoms in total. The van der Waals surface area contributed by atoms with Gasteiger partial charge in [0.25, 0.3) is 5.91 Å². The van der Waals surface area contributed by atoms with E-state index >= 15 is 0 Å². The van der Waals surface area contributed by atoms with E-state index in [1.165, 1.54) is 24.3 Å². The van der Waals surface area contributed by atoms with Gasteiger partial charge in [0.15, 0.2) is 0 Å². The molecule has 0 fully saturated rings. The van der Waals surface area contributed by atoms with Crippen LogP contribution in [0.2, 0.25) is 5.02 Å². The van der Waals surface area contributed by atoms with Crippen molar-refractivity contribution in [2.24, 2.45) is 0 Å². The van der Waals surface area contributed by atoms with Crippen LogP contribution < -0.4 is 5.32 Å². The van der Waals surface area contributed by atoms with Crippen LogP contribution in [0.4, 0.5) is 18.9 Å². The summed E-state index contributed by atoms with van der Waals surface area (Å²) in [6.07, 6.45) is -4.57. The fourth-order valence-electron chi connectivity index (χ4n) is 1.94. The zero-order valence-corrected chi connectivity index (χ0v) is 13.0. The molecule has 1 N–H and O–H groups in total. The van der Waals surface area contributed by atoms with E-state index in [0.717, 1.165) is 25.3 Å². The van der Waals surface area contributed by atoms with Crippen molar-refractivity contribution in [1.29, 1.82) is 0 Å². The highest BCUT2D eigenvalue weighted by molar-refractivity contribution is 6.31. The maximum Gasteiger partial charge on any atom is 0.416 e. The second kappa shape index (κ2) is 6.92. The van der Waals surface area contributed by atoms with E-state index < -0.39 is 23.6 Å². The number of esters is 1. The molecule has 0 aromatic heterocycles. The molecular formula is C16H11ClF3NO3. The number of benzene rings is 2. The van der Waals surface area contributed by atoms with Crippen molar-refractivity contribution in [1.82, 2.24) is 0 Å². The lowest BCUT2D eigenvalue weighted by atomic mass is 10.1. The molecule has 0 bridgehead atoms. The first-order valence-electron chi connectivity index (χ1n) is 6.59. The van der Waals surface area contributed by atoms with E-state index in [2.05, 4.69) is 10.1 Å². The van der Waals surface area contributed by atoms with Crippen LogP contribution in [-0.4, -0.2) is 19.0 Å². The standard InChI is InChI=1S/C16H11ClF3NO3/c1-24-15(23)12-6-5-11(17)8-13(12)21-14(22)9-3-2-4-10(7-9)16(18,19)20/h2-8H,1H3,(H,21,22). The molecule has 0 aliphatic carbocycles. The number of ether oxygens (including phenoxy) is 1. The fourth-order valence-corrected chi connectivity index (χ4v) is 2.11. The van der Waals surface area contributed by atoms with Crippen LogP contribution in [0.25, 0.3) is 0 Å². The van der Waals surface area contributed by atoms with Gasteiger partial charge in [-0.2, -0.15) is 13.2 Å². The first-order chi connectivity index (χ1) is 11.2. The number of halogens is 4. The molecule has 0 heterocycles. The summed E-state index contributed by atoms with van der Waals surface area (Å²) in [5, 5.41) is 2.61. The largest absolute Gasteiger partial charge is 0.465 e. The summed E-state index contributed by atoms with van der Waals surface area (Å²) in [5.74, 6) is -1.53. The normalized spacial score (nSPS) is 11.0. The molecule has 2 rings (SSSR count). The van der Waals surface area contributed by atoms with Gasteiger partial charge in [-0.1, -0.05) is 17.7 Å². The van der Waals surface area contributed by atoms with E-state index in [1.807, 2.05) is 0 Å². The van der Waals surface area contributed by atoms with Crippen LogP contribution in [0.15, 0.2) is 42.5 Å². The average Bonchev–Trinajstić information content (AvgIpc) is 2.53. The molecular weight excluding hydrogens is 347 g/mol. The fraction of sp³-hybridized carbons (Fsp3) is 0.125. The van der Waals surface area contributed by atoms with Crippen molar-refractivity contribution < 1.29 is 27.5 Å². The second-order valence-corrected chi connectivity index (χ2v) is 5.15. The van der Waals surface area contributed by atoms with Gasteiger partial charge in [-0.15, -0.1) is 0 Å². The molecule has 0 aliphatic rings. The number of carbonyl (C=O) groups excluding carboxylic acids is 2. The summed E-state index contributed by atoms with van der Waals surface area (Å²) in [6, 6.07) is 8.00. The van der Waals surface area contributed by atoms with Crippen LogP contribution in [0, 0.1) is 0 Å². The van der Waals surface area contributed by atoms with Gasteiger partial charge in [-0.25, -0.2) is 4.79 Å². The SMILES string of the molecule is COC(=O)c1ccc(Cl)cc1NC(=O)c1cccc(C(F)(F)F)c1. The predicted molar refractivity (Wildman–Crippen MR) is 82.2 cm³/mol. The van der Waals surface area contributed by atoms with Crippen LogP contribution in [0.5, 0.6) is 0 Å². The molecule has 1 amide bonds.